The normalized spacial score (nSPS) is 14.0. The van der Waals surface area contributed by atoms with Crippen LogP contribution in [0.3, 0.4) is 0 Å². The van der Waals surface area contributed by atoms with Crippen LogP contribution in [-0.4, -0.2) is 0 Å². The molecular weight excluding hydrogens is 136 g/mol. The topological polar surface area (TPSA) is 13.1 Å². The molecule has 1 aromatic heterocycles. The summed E-state index contributed by atoms with van der Waals surface area (Å²) in [4.78, 5) is 0. The van der Waals surface area contributed by atoms with E-state index >= 15 is 0 Å². The molecule has 11 heavy (non-hydrogen) atoms. The molecule has 0 aromatic carbocycles. The van der Waals surface area contributed by atoms with Crippen LogP contribution in [0.25, 0.3) is 6.08 Å². The minimum atomic E-state index is 0.639. The first-order chi connectivity index (χ1) is 5.33. The number of furan rings is 1. The van der Waals surface area contributed by atoms with Crippen molar-refractivity contribution in [2.75, 3.05) is 0 Å². The van der Waals surface area contributed by atoms with Crippen LogP contribution in [0.5, 0.6) is 0 Å². The van der Waals surface area contributed by atoms with E-state index in [0.29, 0.717) is 5.92 Å². The second-order valence-corrected chi connectivity index (χ2v) is 2.76. The van der Waals surface area contributed by atoms with E-state index in [1.54, 1.807) is 6.26 Å². The predicted molar refractivity (Wildman–Crippen MR) is 47.2 cm³/mol. The van der Waals surface area contributed by atoms with E-state index in [9.17, 15) is 0 Å². The molecule has 1 heteroatoms. The fourth-order valence-corrected chi connectivity index (χ4v) is 0.781. The average molecular weight is 150 g/mol. The van der Waals surface area contributed by atoms with E-state index in [4.69, 9.17) is 4.42 Å². The van der Waals surface area contributed by atoms with Crippen LogP contribution in [0.4, 0.5) is 0 Å². The zero-order valence-electron chi connectivity index (χ0n) is 7.08. The highest BCUT2D eigenvalue weighted by Gasteiger charge is 1.91. The smallest absolute Gasteiger partial charge is 0.126 e. The molecule has 0 aliphatic rings. The summed E-state index contributed by atoms with van der Waals surface area (Å²) in [6.45, 7) is 4.37. The maximum absolute atomic E-state index is 5.14. The van der Waals surface area contributed by atoms with Gasteiger partial charge in [0.1, 0.15) is 5.76 Å². The molecule has 1 heterocycles. The lowest BCUT2D eigenvalue weighted by atomic mass is 10.1. The van der Waals surface area contributed by atoms with Gasteiger partial charge in [0.25, 0.3) is 0 Å². The SMILES string of the molecule is CCC(C)/C=C/c1ccco1. The molecule has 0 saturated carbocycles. The molecule has 0 amide bonds. The molecule has 0 spiro atoms. The number of hydrogen-bond acceptors (Lipinski definition) is 1. The maximum atomic E-state index is 5.14. The van der Waals surface area contributed by atoms with Gasteiger partial charge in [-0.2, -0.15) is 0 Å². The van der Waals surface area contributed by atoms with E-state index < -0.39 is 0 Å². The summed E-state index contributed by atoms with van der Waals surface area (Å²) < 4.78 is 5.14. The van der Waals surface area contributed by atoms with E-state index in [1.807, 2.05) is 18.2 Å². The summed E-state index contributed by atoms with van der Waals surface area (Å²) in [6, 6.07) is 3.86. The van der Waals surface area contributed by atoms with Gasteiger partial charge in [-0.25, -0.2) is 0 Å². The van der Waals surface area contributed by atoms with Crippen LogP contribution >= 0.6 is 0 Å². The first-order valence-electron chi connectivity index (χ1n) is 4.04. The molecule has 60 valence electrons. The Morgan fingerprint density at radius 1 is 1.64 bits per heavy atom. The molecular formula is C10H14O. The summed E-state index contributed by atoms with van der Waals surface area (Å²) in [5, 5.41) is 0. The molecule has 0 saturated heterocycles. The van der Waals surface area contributed by atoms with Gasteiger partial charge >= 0.3 is 0 Å². The Balaban J connectivity index is 2.48. The van der Waals surface area contributed by atoms with Gasteiger partial charge in [-0.05, 0) is 24.1 Å². The Labute approximate surface area is 67.7 Å². The van der Waals surface area contributed by atoms with E-state index in [-0.39, 0.29) is 0 Å². The molecule has 0 fully saturated rings. The summed E-state index contributed by atoms with van der Waals surface area (Å²) in [7, 11) is 0. The van der Waals surface area contributed by atoms with E-state index in [2.05, 4.69) is 19.9 Å². The molecule has 1 atom stereocenters. The highest BCUT2D eigenvalue weighted by molar-refractivity contribution is 5.42. The largest absolute Gasteiger partial charge is 0.465 e. The fourth-order valence-electron chi connectivity index (χ4n) is 0.781. The van der Waals surface area contributed by atoms with Crippen molar-refractivity contribution in [3.05, 3.63) is 30.2 Å². The van der Waals surface area contributed by atoms with Gasteiger partial charge in [0, 0.05) is 0 Å². The Kier molecular flexibility index (Phi) is 2.96. The van der Waals surface area contributed by atoms with Crippen molar-refractivity contribution in [2.45, 2.75) is 20.3 Å². The Morgan fingerprint density at radius 2 is 2.45 bits per heavy atom. The molecule has 0 aliphatic heterocycles. The van der Waals surface area contributed by atoms with Crippen LogP contribution in [0.15, 0.2) is 28.9 Å². The van der Waals surface area contributed by atoms with Crippen molar-refractivity contribution in [3.8, 4) is 0 Å². The van der Waals surface area contributed by atoms with Gasteiger partial charge in [0.15, 0.2) is 0 Å². The molecule has 1 aromatic rings. The molecule has 0 radical (unpaired) electrons. The lowest BCUT2D eigenvalue weighted by molar-refractivity contribution is 0.556. The fraction of sp³-hybridized carbons (Fsp3) is 0.400. The van der Waals surface area contributed by atoms with Crippen molar-refractivity contribution in [1.29, 1.82) is 0 Å². The molecule has 1 rings (SSSR count). The van der Waals surface area contributed by atoms with Crippen LogP contribution in [0.2, 0.25) is 0 Å². The zero-order chi connectivity index (χ0) is 8.10. The zero-order valence-corrected chi connectivity index (χ0v) is 7.08. The van der Waals surface area contributed by atoms with Crippen molar-refractivity contribution in [1.82, 2.24) is 0 Å². The third kappa shape index (κ3) is 2.62. The molecule has 1 unspecified atom stereocenters. The molecule has 0 aliphatic carbocycles. The monoisotopic (exact) mass is 150 g/mol. The number of allylic oxidation sites excluding steroid dienone is 1. The summed E-state index contributed by atoms with van der Waals surface area (Å²) in [5.41, 5.74) is 0. The van der Waals surface area contributed by atoms with Gasteiger partial charge in [0.2, 0.25) is 0 Å². The van der Waals surface area contributed by atoms with Crippen molar-refractivity contribution in [2.24, 2.45) is 5.92 Å². The van der Waals surface area contributed by atoms with Crippen molar-refractivity contribution >= 4 is 6.08 Å². The van der Waals surface area contributed by atoms with E-state index in [1.165, 1.54) is 6.42 Å². The second-order valence-electron chi connectivity index (χ2n) is 2.76. The summed E-state index contributed by atoms with van der Waals surface area (Å²) >= 11 is 0. The van der Waals surface area contributed by atoms with Crippen LogP contribution in [-0.2, 0) is 0 Å². The first-order valence-corrected chi connectivity index (χ1v) is 4.04. The van der Waals surface area contributed by atoms with Gasteiger partial charge in [0.05, 0.1) is 6.26 Å². The van der Waals surface area contributed by atoms with Gasteiger partial charge in [-0.1, -0.05) is 26.3 Å². The quantitative estimate of drug-likeness (QED) is 0.644. The maximum Gasteiger partial charge on any atom is 0.126 e. The standard InChI is InChI=1S/C10H14O/c1-3-9(2)6-7-10-5-4-8-11-10/h4-9H,3H2,1-2H3/b7-6+. The van der Waals surface area contributed by atoms with E-state index in [0.717, 1.165) is 5.76 Å². The van der Waals surface area contributed by atoms with Crippen molar-refractivity contribution < 1.29 is 4.42 Å². The third-order valence-electron chi connectivity index (χ3n) is 1.78. The minimum Gasteiger partial charge on any atom is -0.465 e. The summed E-state index contributed by atoms with van der Waals surface area (Å²) in [5.74, 6) is 1.57. The van der Waals surface area contributed by atoms with Gasteiger partial charge < -0.3 is 4.42 Å². The second kappa shape index (κ2) is 4.02. The van der Waals surface area contributed by atoms with Crippen LogP contribution < -0.4 is 0 Å². The highest BCUT2D eigenvalue weighted by atomic mass is 16.3. The van der Waals surface area contributed by atoms with Gasteiger partial charge in [-0.15, -0.1) is 0 Å². The Morgan fingerprint density at radius 3 is 3.00 bits per heavy atom. The van der Waals surface area contributed by atoms with Crippen molar-refractivity contribution in [3.63, 3.8) is 0 Å². The van der Waals surface area contributed by atoms with Gasteiger partial charge in [-0.3, -0.25) is 0 Å². The number of rotatable bonds is 3. The lowest BCUT2D eigenvalue weighted by Crippen LogP contribution is -1.82. The minimum absolute atomic E-state index is 0.639. The predicted octanol–water partition coefficient (Wildman–Crippen LogP) is 3.34. The third-order valence-corrected chi connectivity index (χ3v) is 1.78. The first kappa shape index (κ1) is 8.12. The summed E-state index contributed by atoms with van der Waals surface area (Å²) in [6.07, 6.45) is 7.06. The average Bonchev–Trinajstić information content (AvgIpc) is 2.52. The van der Waals surface area contributed by atoms with Crippen LogP contribution in [0, 0.1) is 5.92 Å². The molecule has 0 N–H and O–H groups in total. The number of hydrogen-bond donors (Lipinski definition) is 0. The Bertz CT molecular complexity index is 209. The molecule has 1 nitrogen and oxygen atoms in total. The molecule has 0 bridgehead atoms. The lowest BCUT2D eigenvalue weighted by Gasteiger charge is -1.97. The highest BCUT2D eigenvalue weighted by Crippen LogP contribution is 2.07. The Hall–Kier alpha value is -0.980. The van der Waals surface area contributed by atoms with Crippen LogP contribution in [0.1, 0.15) is 26.0 Å².